The van der Waals surface area contributed by atoms with Crippen molar-refractivity contribution < 1.29 is 104 Å². The summed E-state index contributed by atoms with van der Waals surface area (Å²) in [4.78, 5) is 39.5. The number of rotatable bonds is 16. The zero-order chi connectivity index (χ0) is 48.9. The number of phenols is 3. The Kier molecular flexibility index (Phi) is 16.7. The number of hydrogen-bond acceptors (Lipinski definition) is 21. The van der Waals surface area contributed by atoms with Crippen molar-refractivity contribution in [2.75, 3.05) is 58.2 Å². The van der Waals surface area contributed by atoms with E-state index < -0.39 is 141 Å². The Labute approximate surface area is 383 Å². The van der Waals surface area contributed by atoms with E-state index >= 15 is 0 Å². The first-order valence-electron chi connectivity index (χ1n) is 21.5. The van der Waals surface area contributed by atoms with E-state index in [4.69, 9.17) is 55.1 Å². The number of ether oxygens (including phenoxy) is 8. The van der Waals surface area contributed by atoms with Crippen LogP contribution in [0.3, 0.4) is 0 Å². The number of benzene rings is 3. The molecule has 3 aromatic carbocycles. The SMILES string of the molecule is C[NH2+]C1[C@H](O[C@H]2C(COC(=O)c3cc(N)ccc3O)O[C@@H](O[C@H]3C(COC(=O)c4cc(N)ccc4O)O[C@@H](C)C([NH2+]C)[C@H]3O)C([NH2+]C)[C@H]2O)OC(COC(=O)c2cc(N)ccc2O)[C@H](O)[C@@H]1O. The molecule has 0 spiro atoms. The summed E-state index contributed by atoms with van der Waals surface area (Å²) in [5.41, 5.74) is 17.2. The molecular weight excluding hydrogens is 888 g/mol. The van der Waals surface area contributed by atoms with E-state index in [9.17, 15) is 50.1 Å². The van der Waals surface area contributed by atoms with Crippen molar-refractivity contribution in [3.05, 3.63) is 71.3 Å². The monoisotopic (exact) mass is 949 g/mol. The number of quaternary nitrogens is 3. The maximum Gasteiger partial charge on any atom is 0.342 e. The molecule has 67 heavy (non-hydrogen) atoms. The van der Waals surface area contributed by atoms with Gasteiger partial charge in [0.15, 0.2) is 12.1 Å². The highest BCUT2D eigenvalue weighted by atomic mass is 16.7. The first kappa shape index (κ1) is 50.8. The number of carbonyl (C=O) groups excluding carboxylic acids is 3. The molecule has 0 saturated carbocycles. The number of esters is 3. The fourth-order valence-electron chi connectivity index (χ4n) is 8.39. The Morgan fingerprint density at radius 3 is 1.27 bits per heavy atom. The summed E-state index contributed by atoms with van der Waals surface area (Å²) in [5, 5.41) is 82.1. The van der Waals surface area contributed by atoms with E-state index in [-0.39, 0.29) is 39.5 Å². The van der Waals surface area contributed by atoms with Gasteiger partial charge < -0.3 is 107 Å². The predicted octanol–water partition coefficient (Wildman–Crippen LogP) is -5.44. The van der Waals surface area contributed by atoms with Crippen LogP contribution in [0.25, 0.3) is 0 Å². The van der Waals surface area contributed by atoms with Crippen molar-refractivity contribution in [3.8, 4) is 17.2 Å². The summed E-state index contributed by atoms with van der Waals surface area (Å²) < 4.78 is 48.1. The Morgan fingerprint density at radius 2 is 0.866 bits per heavy atom. The Hall–Kier alpha value is -5.61. The zero-order valence-corrected chi connectivity index (χ0v) is 37.1. The fourth-order valence-corrected chi connectivity index (χ4v) is 8.39. The minimum atomic E-state index is -1.63. The molecule has 24 heteroatoms. The summed E-state index contributed by atoms with van der Waals surface area (Å²) in [5.74, 6) is -4.24. The zero-order valence-electron chi connectivity index (χ0n) is 37.1. The largest absolute Gasteiger partial charge is 0.507 e. The van der Waals surface area contributed by atoms with E-state index in [1.165, 1.54) is 65.2 Å². The van der Waals surface area contributed by atoms with Gasteiger partial charge in [-0.3, -0.25) is 0 Å². The van der Waals surface area contributed by atoms with Crippen LogP contribution in [0, 0.1) is 0 Å². The van der Waals surface area contributed by atoms with Crippen molar-refractivity contribution >= 4 is 35.0 Å². The summed E-state index contributed by atoms with van der Waals surface area (Å²) in [7, 11) is 4.86. The van der Waals surface area contributed by atoms with Crippen LogP contribution in [0.15, 0.2) is 54.6 Å². The standard InChI is InChI=1S/C43H58N6O18/c1-17-30(47-2)35(55)37(28(63-17)15-61-40(58)22-12-19(45)6-9-25(22)51)66-43-32(49-4)36(56)38(29(65-43)16-62-41(59)23-13-20(46)7-10-26(23)52)67-42-31(48-3)34(54)33(53)27(64-42)14-60-39(57)21-11-18(44)5-8-24(21)50/h5-13,17,27-38,42-43,47-56H,14-16,44-46H2,1-4H3/p+3/t17-,27?,28?,29?,30?,31?,32?,33-,34+,35+,36+,37-,38-,42-,43-/m0/s1. The Balaban J connectivity index is 1.27. The van der Waals surface area contributed by atoms with Gasteiger partial charge in [-0.05, 0) is 61.5 Å². The highest BCUT2D eigenvalue weighted by Gasteiger charge is 2.56. The molecule has 0 radical (unpaired) electrons. The smallest absolute Gasteiger partial charge is 0.342 e. The van der Waals surface area contributed by atoms with E-state index in [2.05, 4.69) is 0 Å². The van der Waals surface area contributed by atoms with Gasteiger partial charge in [0.05, 0.1) is 21.1 Å². The number of likely N-dealkylation sites (N-methyl/N-ethyl adjacent to an activating group) is 3. The minimum absolute atomic E-state index is 0.141. The number of aliphatic hydroxyl groups excluding tert-OH is 4. The lowest BCUT2D eigenvalue weighted by Crippen LogP contribution is -2.96. The molecule has 0 bridgehead atoms. The molecule has 0 aliphatic carbocycles. The molecule has 24 nitrogen and oxygen atoms in total. The molecule has 3 heterocycles. The Bertz CT molecular complexity index is 2210. The van der Waals surface area contributed by atoms with E-state index in [1.807, 2.05) is 0 Å². The molecule has 368 valence electrons. The first-order valence-corrected chi connectivity index (χ1v) is 21.5. The van der Waals surface area contributed by atoms with Gasteiger partial charge in [0.25, 0.3) is 0 Å². The van der Waals surface area contributed by atoms with Crippen molar-refractivity contribution in [1.82, 2.24) is 0 Å². The maximum atomic E-state index is 13.4. The van der Waals surface area contributed by atoms with Crippen LogP contribution in [0.5, 0.6) is 17.2 Å². The fraction of sp³-hybridized carbons (Fsp3) is 0.512. The molecule has 3 fully saturated rings. The van der Waals surface area contributed by atoms with Gasteiger partial charge >= 0.3 is 17.9 Å². The van der Waals surface area contributed by atoms with Crippen molar-refractivity contribution in [3.63, 3.8) is 0 Å². The van der Waals surface area contributed by atoms with Gasteiger partial charge in [0.1, 0.15) is 121 Å². The lowest BCUT2D eigenvalue weighted by atomic mass is 9.92. The number of nitrogen functional groups attached to an aromatic ring is 3. The molecule has 0 aromatic heterocycles. The van der Waals surface area contributed by atoms with E-state index in [1.54, 1.807) is 33.4 Å². The van der Waals surface area contributed by atoms with Crippen LogP contribution in [-0.2, 0) is 37.9 Å². The number of anilines is 3. The number of hydrogen-bond donors (Lipinski definition) is 13. The highest BCUT2D eigenvalue weighted by molar-refractivity contribution is 5.94. The van der Waals surface area contributed by atoms with Gasteiger partial charge in [0, 0.05) is 17.1 Å². The summed E-state index contributed by atoms with van der Waals surface area (Å²) >= 11 is 0. The predicted molar refractivity (Wildman–Crippen MR) is 229 cm³/mol. The van der Waals surface area contributed by atoms with Crippen LogP contribution in [0.1, 0.15) is 38.0 Å². The van der Waals surface area contributed by atoms with Gasteiger partial charge in [-0.2, -0.15) is 0 Å². The Morgan fingerprint density at radius 1 is 0.522 bits per heavy atom. The van der Waals surface area contributed by atoms with Crippen LogP contribution in [-0.4, -0.2) is 186 Å². The van der Waals surface area contributed by atoms with E-state index in [0.717, 1.165) is 0 Å². The molecular formula is C43H61N6O18+3. The highest BCUT2D eigenvalue weighted by Crippen LogP contribution is 2.33. The molecule has 6 rings (SSSR count). The number of phenolic OH excluding ortho intramolecular Hbond substituents is 3. The van der Waals surface area contributed by atoms with E-state index in [0.29, 0.717) is 0 Å². The molecule has 19 N–H and O–H groups in total. The second-order valence-corrected chi connectivity index (χ2v) is 16.5. The van der Waals surface area contributed by atoms with Gasteiger partial charge in [0.2, 0.25) is 12.6 Å². The minimum Gasteiger partial charge on any atom is -0.507 e. The van der Waals surface area contributed by atoms with Crippen LogP contribution < -0.4 is 33.2 Å². The lowest BCUT2D eigenvalue weighted by Gasteiger charge is -2.48. The normalized spacial score (nSPS) is 32.0. The van der Waals surface area contributed by atoms with Gasteiger partial charge in [-0.15, -0.1) is 0 Å². The molecule has 3 aliphatic rings. The quantitative estimate of drug-likeness (QED) is 0.0276. The topological polar surface area (TPSA) is 395 Å². The van der Waals surface area contributed by atoms with Crippen molar-refractivity contribution in [2.24, 2.45) is 0 Å². The third-order valence-electron chi connectivity index (χ3n) is 12.1. The molecule has 15 atom stereocenters. The van der Waals surface area contributed by atoms with Gasteiger partial charge in [-0.1, -0.05) is 0 Å². The lowest BCUT2D eigenvalue weighted by molar-refractivity contribution is -0.705. The van der Waals surface area contributed by atoms with Crippen LogP contribution in [0.2, 0.25) is 0 Å². The summed E-state index contributed by atoms with van der Waals surface area (Å²) in [6, 6.07) is 8.60. The number of nitrogens with two attached hydrogens (primary N) is 6. The summed E-state index contributed by atoms with van der Waals surface area (Å²) in [6.07, 6.45) is -16.5. The second kappa shape index (κ2) is 22.0. The number of aliphatic hydroxyl groups is 4. The van der Waals surface area contributed by atoms with Crippen molar-refractivity contribution in [1.29, 1.82) is 0 Å². The third kappa shape index (κ3) is 11.4. The third-order valence-corrected chi connectivity index (χ3v) is 12.1. The van der Waals surface area contributed by atoms with Crippen LogP contribution in [0.4, 0.5) is 17.1 Å². The number of aromatic hydroxyl groups is 3. The first-order chi connectivity index (χ1) is 31.9. The van der Waals surface area contributed by atoms with Gasteiger partial charge in [-0.25, -0.2) is 14.4 Å². The van der Waals surface area contributed by atoms with Crippen LogP contribution >= 0.6 is 0 Å². The number of carbonyl (C=O) groups is 3. The average molecular weight is 950 g/mol. The molecule has 3 saturated heterocycles. The molecule has 3 aliphatic heterocycles. The molecule has 6 unspecified atom stereocenters. The van der Waals surface area contributed by atoms with Crippen molar-refractivity contribution in [2.45, 2.75) is 98.7 Å². The average Bonchev–Trinajstić information content (AvgIpc) is 3.29. The molecule has 0 amide bonds. The maximum absolute atomic E-state index is 13.4. The summed E-state index contributed by atoms with van der Waals surface area (Å²) in [6.45, 7) is -0.0964. The second-order valence-electron chi connectivity index (χ2n) is 16.5. The molecule has 3 aromatic rings.